The van der Waals surface area contributed by atoms with Gasteiger partial charge in [-0.1, -0.05) is 13.8 Å². The number of carbonyl (C=O) groups is 1. The molecule has 4 nitrogen and oxygen atoms in total. The van der Waals surface area contributed by atoms with Crippen molar-refractivity contribution in [2.24, 2.45) is 0 Å². The first-order valence-electron chi connectivity index (χ1n) is 4.40. The monoisotopic (exact) mass is 197 g/mol. The van der Waals surface area contributed by atoms with Crippen LogP contribution in [0.4, 0.5) is 0 Å². The number of aryl methyl sites for hydroxylation is 1. The molecule has 0 bridgehead atoms. The van der Waals surface area contributed by atoms with Gasteiger partial charge in [-0.3, -0.25) is 0 Å². The quantitative estimate of drug-likeness (QED) is 0.698. The molecule has 0 fully saturated rings. The third-order valence-corrected chi connectivity index (χ3v) is 1.45. The maximum absolute atomic E-state index is 10.9. The van der Waals surface area contributed by atoms with E-state index in [4.69, 9.17) is 5.11 Å². The second-order valence-corrected chi connectivity index (χ2v) is 2.29. The lowest BCUT2D eigenvalue weighted by atomic mass is 10.3. The lowest BCUT2D eigenvalue weighted by Gasteiger charge is -2.00. The molecule has 0 spiro atoms. The lowest BCUT2D eigenvalue weighted by molar-refractivity contribution is 0.0593. The highest BCUT2D eigenvalue weighted by atomic mass is 16.5. The average Bonchev–Trinajstić information content (AvgIpc) is 2.24. The Labute approximate surface area is 83.6 Å². The molecule has 0 radical (unpaired) electrons. The predicted octanol–water partition coefficient (Wildman–Crippen LogP) is 1.91. The van der Waals surface area contributed by atoms with Gasteiger partial charge in [0.2, 0.25) is 0 Å². The number of pyridine rings is 1. The molecule has 0 atom stereocenters. The van der Waals surface area contributed by atoms with Crippen molar-refractivity contribution in [3.05, 3.63) is 23.5 Å². The minimum atomic E-state index is -0.502. The van der Waals surface area contributed by atoms with E-state index >= 15 is 0 Å². The molecule has 0 amide bonds. The van der Waals surface area contributed by atoms with Gasteiger partial charge in [-0.25, -0.2) is 9.78 Å². The molecule has 1 N–H and O–H groups in total. The number of nitrogens with zero attached hydrogens (tertiary/aromatic N) is 1. The number of methoxy groups -OCH3 is 1. The van der Waals surface area contributed by atoms with Crippen LogP contribution >= 0.6 is 0 Å². The van der Waals surface area contributed by atoms with Crippen molar-refractivity contribution < 1.29 is 14.6 Å². The summed E-state index contributed by atoms with van der Waals surface area (Å²) in [5.41, 5.74) is 0.616. The number of aromatic hydroxyl groups is 1. The van der Waals surface area contributed by atoms with Gasteiger partial charge in [0, 0.05) is 0 Å². The van der Waals surface area contributed by atoms with Crippen LogP contribution < -0.4 is 0 Å². The van der Waals surface area contributed by atoms with Crippen LogP contribution in [0, 0.1) is 6.92 Å². The number of ether oxygens (including phenoxy) is 1. The zero-order valence-electron chi connectivity index (χ0n) is 8.87. The topological polar surface area (TPSA) is 59.4 Å². The number of hydrogen-bond acceptors (Lipinski definition) is 4. The van der Waals surface area contributed by atoms with Crippen molar-refractivity contribution in [1.29, 1.82) is 0 Å². The van der Waals surface area contributed by atoms with E-state index in [-0.39, 0.29) is 11.4 Å². The summed E-state index contributed by atoms with van der Waals surface area (Å²) >= 11 is 0. The van der Waals surface area contributed by atoms with Gasteiger partial charge in [-0.2, -0.15) is 0 Å². The summed E-state index contributed by atoms with van der Waals surface area (Å²) < 4.78 is 4.45. The van der Waals surface area contributed by atoms with Gasteiger partial charge in [-0.15, -0.1) is 0 Å². The molecule has 1 aromatic rings. The van der Waals surface area contributed by atoms with Crippen molar-refractivity contribution >= 4 is 5.97 Å². The summed E-state index contributed by atoms with van der Waals surface area (Å²) in [4.78, 5) is 14.7. The summed E-state index contributed by atoms with van der Waals surface area (Å²) in [7, 11) is 1.28. The standard InChI is InChI=1S/C8H9NO3.C2H6/c1-5-7(10)4-3-6(9-5)8(11)12-2;1-2/h3-4,10H,1-2H3;1-2H3. The minimum Gasteiger partial charge on any atom is -0.506 e. The van der Waals surface area contributed by atoms with Gasteiger partial charge in [-0.05, 0) is 19.1 Å². The van der Waals surface area contributed by atoms with Gasteiger partial charge in [0.25, 0.3) is 0 Å². The molecule has 1 heterocycles. The zero-order chi connectivity index (χ0) is 11.1. The summed E-state index contributed by atoms with van der Waals surface area (Å²) in [6.07, 6.45) is 0. The highest BCUT2D eigenvalue weighted by molar-refractivity contribution is 5.87. The number of aromatic nitrogens is 1. The number of rotatable bonds is 1. The van der Waals surface area contributed by atoms with Crippen molar-refractivity contribution in [2.45, 2.75) is 20.8 Å². The van der Waals surface area contributed by atoms with Crippen LogP contribution in [0.2, 0.25) is 0 Å². The molecule has 0 aliphatic heterocycles. The lowest BCUT2D eigenvalue weighted by Crippen LogP contribution is -2.04. The summed E-state index contributed by atoms with van der Waals surface area (Å²) in [6, 6.07) is 2.82. The molecule has 0 saturated heterocycles. The average molecular weight is 197 g/mol. The molecule has 1 rings (SSSR count). The molecule has 1 aromatic heterocycles. The van der Waals surface area contributed by atoms with E-state index in [9.17, 15) is 4.79 Å². The number of hydrogen-bond donors (Lipinski definition) is 1. The normalized spacial score (nSPS) is 8.57. The smallest absolute Gasteiger partial charge is 0.356 e. The molecule has 0 aromatic carbocycles. The van der Waals surface area contributed by atoms with E-state index in [0.717, 1.165) is 0 Å². The van der Waals surface area contributed by atoms with Crippen LogP contribution in [-0.2, 0) is 4.74 Å². The van der Waals surface area contributed by atoms with Crippen molar-refractivity contribution in [3.8, 4) is 5.75 Å². The fraction of sp³-hybridized carbons (Fsp3) is 0.400. The Morgan fingerprint density at radius 1 is 1.43 bits per heavy atom. The van der Waals surface area contributed by atoms with Crippen molar-refractivity contribution in [1.82, 2.24) is 4.98 Å². The summed E-state index contributed by atoms with van der Waals surface area (Å²) in [6.45, 7) is 5.61. The van der Waals surface area contributed by atoms with E-state index < -0.39 is 5.97 Å². The molecule has 0 saturated carbocycles. The first-order valence-corrected chi connectivity index (χ1v) is 4.40. The van der Waals surface area contributed by atoms with E-state index in [2.05, 4.69) is 9.72 Å². The number of carbonyl (C=O) groups excluding carboxylic acids is 1. The molecule has 0 aliphatic carbocycles. The van der Waals surface area contributed by atoms with Gasteiger partial charge < -0.3 is 9.84 Å². The Morgan fingerprint density at radius 2 is 2.00 bits per heavy atom. The molecular formula is C10H15NO3. The third-order valence-electron chi connectivity index (χ3n) is 1.45. The molecule has 0 aliphatic rings. The fourth-order valence-electron chi connectivity index (χ4n) is 0.772. The summed E-state index contributed by atoms with van der Waals surface area (Å²) in [5.74, 6) is -0.430. The Hall–Kier alpha value is -1.58. The van der Waals surface area contributed by atoms with Crippen molar-refractivity contribution in [2.75, 3.05) is 7.11 Å². The van der Waals surface area contributed by atoms with E-state index in [1.165, 1.54) is 19.2 Å². The van der Waals surface area contributed by atoms with Crippen molar-refractivity contribution in [3.63, 3.8) is 0 Å². The van der Waals surface area contributed by atoms with Gasteiger partial charge in [0.1, 0.15) is 11.4 Å². The summed E-state index contributed by atoms with van der Waals surface area (Å²) in [5, 5.41) is 9.08. The van der Waals surface area contributed by atoms with Crippen LogP contribution in [0.5, 0.6) is 5.75 Å². The first kappa shape index (κ1) is 12.4. The number of esters is 1. The zero-order valence-corrected chi connectivity index (χ0v) is 8.87. The van der Waals surface area contributed by atoms with Crippen LogP contribution in [0.25, 0.3) is 0 Å². The fourth-order valence-corrected chi connectivity index (χ4v) is 0.772. The Morgan fingerprint density at radius 3 is 2.43 bits per heavy atom. The second kappa shape index (κ2) is 5.96. The SMILES string of the molecule is CC.COC(=O)c1ccc(O)c(C)n1. The largest absolute Gasteiger partial charge is 0.506 e. The van der Waals surface area contributed by atoms with Crippen LogP contribution in [0.3, 0.4) is 0 Å². The van der Waals surface area contributed by atoms with Crippen LogP contribution in [0.15, 0.2) is 12.1 Å². The first-order chi connectivity index (χ1) is 6.65. The molecule has 0 unspecified atom stereocenters. The van der Waals surface area contributed by atoms with Gasteiger partial charge >= 0.3 is 5.97 Å². The predicted molar refractivity (Wildman–Crippen MR) is 53.3 cm³/mol. The molecule has 14 heavy (non-hydrogen) atoms. The second-order valence-electron chi connectivity index (χ2n) is 2.29. The molecule has 78 valence electrons. The molecule has 4 heteroatoms. The van der Waals surface area contributed by atoms with Crippen LogP contribution in [-0.4, -0.2) is 23.2 Å². The van der Waals surface area contributed by atoms with Gasteiger partial charge in [0.15, 0.2) is 0 Å². The minimum absolute atomic E-state index is 0.0719. The Kier molecular flexibility index (Phi) is 5.29. The van der Waals surface area contributed by atoms with E-state index in [1.54, 1.807) is 6.92 Å². The third kappa shape index (κ3) is 3.05. The Bertz CT molecular complexity index is 310. The maximum Gasteiger partial charge on any atom is 0.356 e. The van der Waals surface area contributed by atoms with E-state index in [0.29, 0.717) is 5.69 Å². The maximum atomic E-state index is 10.9. The van der Waals surface area contributed by atoms with Gasteiger partial charge in [0.05, 0.1) is 12.8 Å². The highest BCUT2D eigenvalue weighted by Gasteiger charge is 2.07. The Balaban J connectivity index is 0.000000791. The molecular weight excluding hydrogens is 182 g/mol. The van der Waals surface area contributed by atoms with Crippen LogP contribution in [0.1, 0.15) is 30.0 Å². The highest BCUT2D eigenvalue weighted by Crippen LogP contribution is 2.13. The van der Waals surface area contributed by atoms with E-state index in [1.807, 2.05) is 13.8 Å².